The van der Waals surface area contributed by atoms with Gasteiger partial charge in [0, 0.05) is 19.3 Å². The molecule has 0 aromatic rings. The number of phosphoric acid groups is 2. The van der Waals surface area contributed by atoms with Crippen molar-refractivity contribution < 1.29 is 75.8 Å². The van der Waals surface area contributed by atoms with E-state index in [1.807, 2.05) is 0 Å². The minimum absolute atomic E-state index is 0.105. The normalized spacial score (nSPS) is 14.5. The van der Waals surface area contributed by atoms with E-state index in [1.165, 1.54) is 161 Å². The molecule has 0 aliphatic rings. The molecule has 5 unspecified atom stereocenters. The summed E-state index contributed by atoms with van der Waals surface area (Å²) in [6.45, 7) is 2.48. The smallest absolute Gasteiger partial charge is 0.463 e. The van der Waals surface area contributed by atoms with Crippen molar-refractivity contribution >= 4 is 33.6 Å². The summed E-state index contributed by atoms with van der Waals surface area (Å²) < 4.78 is 61.2. The molecule has 18 heteroatoms. The Morgan fingerprint density at radius 3 is 0.771 bits per heavy atom. The van der Waals surface area contributed by atoms with Crippen LogP contribution in [0.4, 0.5) is 0 Å². The number of hydrogen-bond acceptors (Lipinski definition) is 14. The van der Waals surface area contributed by atoms with Crippen LogP contribution in [0.15, 0.2) is 134 Å². The van der Waals surface area contributed by atoms with E-state index in [0.29, 0.717) is 19.3 Å². The lowest BCUT2D eigenvalue weighted by atomic mass is 10.0. The van der Waals surface area contributed by atoms with E-state index in [0.717, 1.165) is 148 Å². The van der Waals surface area contributed by atoms with Crippen LogP contribution in [-0.4, -0.2) is 95.9 Å². The number of allylic oxidation sites excluding steroid dienone is 22. The zero-order valence-electron chi connectivity index (χ0n) is 68.9. The fraction of sp³-hybridized carbons (Fsp3) is 0.725. The van der Waals surface area contributed by atoms with Crippen molar-refractivity contribution in [2.24, 2.45) is 0 Å². The van der Waals surface area contributed by atoms with Crippen LogP contribution in [-0.2, 0) is 55.8 Å². The molecule has 0 heterocycles. The maximum Gasteiger partial charge on any atom is 0.472 e. The van der Waals surface area contributed by atoms with Crippen molar-refractivity contribution in [3.63, 3.8) is 0 Å². The summed E-state index contributed by atoms with van der Waals surface area (Å²) in [6.07, 6.45) is 102. The third-order valence-corrected chi connectivity index (χ3v) is 20.3. The number of carbonyl (C=O) groups is 3. The first-order chi connectivity index (χ1) is 53.2. The molecule has 0 amide bonds. The molecule has 0 fully saturated rings. The van der Waals surface area contributed by atoms with Gasteiger partial charge in [-0.15, -0.1) is 0 Å². The first-order valence-electron chi connectivity index (χ1n) is 43.5. The van der Waals surface area contributed by atoms with Crippen LogP contribution in [0.25, 0.3) is 0 Å². The van der Waals surface area contributed by atoms with E-state index in [-0.39, 0.29) is 19.3 Å². The average Bonchev–Trinajstić information content (AvgIpc) is 0.900. The van der Waals surface area contributed by atoms with Gasteiger partial charge in [0.25, 0.3) is 0 Å². The predicted octanol–water partition coefficient (Wildman–Crippen LogP) is 26.2. The molecule has 0 radical (unpaired) electrons. The topological polar surface area (TPSA) is 231 Å². The van der Waals surface area contributed by atoms with Gasteiger partial charge >= 0.3 is 33.6 Å². The van der Waals surface area contributed by atoms with Gasteiger partial charge in [0.2, 0.25) is 0 Å². The van der Waals surface area contributed by atoms with E-state index in [2.05, 4.69) is 154 Å². The molecule has 0 saturated carbocycles. The molecule has 4 N–H and O–H groups in total. The SMILES string of the molecule is CC/C=C\C/C=C\C/C=C\C/C=C\C/C=C\C/C=C\CCCCCCCCCCCCC(=O)OCC(COP(=O)(O)OCC(O)COP(=O)(O)OCC(O)COC(=O)CCCCCCCCCCCCCCCCCCC/C=C\C/C=C\C/C=C\C/C=C\C/C=C\CC)OC(=O)CCCCCCCCCCCCC. The number of hydrogen-bond donors (Lipinski definition) is 4. The molecule has 0 aliphatic heterocycles. The van der Waals surface area contributed by atoms with Crippen LogP contribution in [0.2, 0.25) is 0 Å². The van der Waals surface area contributed by atoms with Gasteiger partial charge in [-0.1, -0.05) is 366 Å². The highest BCUT2D eigenvalue weighted by Gasteiger charge is 2.29. The van der Waals surface area contributed by atoms with Crippen LogP contribution in [0.5, 0.6) is 0 Å². The number of aliphatic hydroxyl groups is 2. The molecule has 0 aliphatic carbocycles. The van der Waals surface area contributed by atoms with Gasteiger partial charge < -0.3 is 34.2 Å². The van der Waals surface area contributed by atoms with Crippen molar-refractivity contribution in [1.82, 2.24) is 0 Å². The number of esters is 3. The van der Waals surface area contributed by atoms with Gasteiger partial charge in [-0.05, 0) is 116 Å². The number of aliphatic hydroxyl groups excluding tert-OH is 2. The van der Waals surface area contributed by atoms with Gasteiger partial charge in [-0.2, -0.15) is 0 Å². The van der Waals surface area contributed by atoms with Crippen molar-refractivity contribution in [1.29, 1.82) is 0 Å². The van der Waals surface area contributed by atoms with Gasteiger partial charge in [-0.3, -0.25) is 32.5 Å². The summed E-state index contributed by atoms with van der Waals surface area (Å²) in [6, 6.07) is 0. The summed E-state index contributed by atoms with van der Waals surface area (Å²) in [5.74, 6) is -1.57. The Kier molecular flexibility index (Phi) is 79.8. The van der Waals surface area contributed by atoms with Gasteiger partial charge in [0.1, 0.15) is 25.4 Å². The number of phosphoric ester groups is 2. The molecule has 628 valence electrons. The Labute approximate surface area is 665 Å². The quantitative estimate of drug-likeness (QED) is 0.0146. The molecular formula is C91H158O16P2. The van der Waals surface area contributed by atoms with E-state index in [4.69, 9.17) is 32.3 Å². The van der Waals surface area contributed by atoms with Crippen molar-refractivity contribution in [3.8, 4) is 0 Å². The Morgan fingerprint density at radius 1 is 0.266 bits per heavy atom. The number of carbonyl (C=O) groups excluding carboxylic acids is 3. The van der Waals surface area contributed by atoms with Crippen LogP contribution < -0.4 is 0 Å². The molecule has 0 rings (SSSR count). The molecular weight excluding hydrogens is 1410 g/mol. The highest BCUT2D eigenvalue weighted by Crippen LogP contribution is 2.45. The summed E-state index contributed by atoms with van der Waals surface area (Å²) in [5, 5.41) is 20.7. The van der Waals surface area contributed by atoms with E-state index < -0.39 is 91.5 Å². The van der Waals surface area contributed by atoms with Gasteiger partial charge in [0.15, 0.2) is 6.10 Å². The minimum atomic E-state index is -4.93. The van der Waals surface area contributed by atoms with Crippen LogP contribution in [0, 0.1) is 0 Å². The molecule has 0 aromatic heterocycles. The Morgan fingerprint density at radius 2 is 0.486 bits per heavy atom. The fourth-order valence-corrected chi connectivity index (χ4v) is 13.4. The molecule has 0 bridgehead atoms. The highest BCUT2D eigenvalue weighted by molar-refractivity contribution is 7.47. The van der Waals surface area contributed by atoms with E-state index in [9.17, 15) is 43.5 Å². The van der Waals surface area contributed by atoms with Gasteiger partial charge in [0.05, 0.1) is 26.4 Å². The Bertz CT molecular complexity index is 2510. The summed E-state index contributed by atoms with van der Waals surface area (Å²) in [4.78, 5) is 58.7. The van der Waals surface area contributed by atoms with Crippen molar-refractivity contribution in [2.75, 3.05) is 39.6 Å². The molecule has 0 saturated heterocycles. The lowest BCUT2D eigenvalue weighted by Crippen LogP contribution is -2.30. The van der Waals surface area contributed by atoms with Crippen LogP contribution in [0.3, 0.4) is 0 Å². The van der Waals surface area contributed by atoms with Gasteiger partial charge in [-0.25, -0.2) is 9.13 Å². The average molecular weight is 1570 g/mol. The minimum Gasteiger partial charge on any atom is -0.463 e. The first kappa shape index (κ1) is 105. The van der Waals surface area contributed by atoms with E-state index in [1.54, 1.807) is 0 Å². The molecule has 16 nitrogen and oxygen atoms in total. The molecule has 0 spiro atoms. The lowest BCUT2D eigenvalue weighted by molar-refractivity contribution is -0.161. The maximum atomic E-state index is 12.9. The Hall–Kier alpha value is -4.31. The predicted molar refractivity (Wildman–Crippen MR) is 454 cm³/mol. The van der Waals surface area contributed by atoms with E-state index >= 15 is 0 Å². The zero-order valence-corrected chi connectivity index (χ0v) is 70.7. The molecule has 0 aromatic carbocycles. The molecule has 109 heavy (non-hydrogen) atoms. The third kappa shape index (κ3) is 84.4. The monoisotopic (exact) mass is 1570 g/mol. The Balaban J connectivity index is 4.37. The van der Waals surface area contributed by atoms with Crippen LogP contribution in [0.1, 0.15) is 367 Å². The lowest BCUT2D eigenvalue weighted by Gasteiger charge is -2.21. The van der Waals surface area contributed by atoms with Crippen molar-refractivity contribution in [2.45, 2.75) is 386 Å². The fourth-order valence-electron chi connectivity index (χ4n) is 11.8. The second-order valence-electron chi connectivity index (χ2n) is 28.9. The third-order valence-electron chi connectivity index (χ3n) is 18.4. The summed E-state index contributed by atoms with van der Waals surface area (Å²) in [5.41, 5.74) is 0. The highest BCUT2D eigenvalue weighted by atomic mass is 31.2. The number of ether oxygens (including phenoxy) is 3. The summed E-state index contributed by atoms with van der Waals surface area (Å²) in [7, 11) is -9.79. The first-order valence-corrected chi connectivity index (χ1v) is 46.5. The molecule has 5 atom stereocenters. The second kappa shape index (κ2) is 83.1. The summed E-state index contributed by atoms with van der Waals surface area (Å²) >= 11 is 0. The number of rotatable bonds is 82. The van der Waals surface area contributed by atoms with Crippen LogP contribution >= 0.6 is 15.6 Å². The largest absolute Gasteiger partial charge is 0.472 e. The second-order valence-corrected chi connectivity index (χ2v) is 31.8. The maximum absolute atomic E-state index is 12.9. The zero-order chi connectivity index (χ0) is 79.4. The number of unbranched alkanes of at least 4 members (excludes halogenated alkanes) is 37. The standard InChI is InChI=1S/C91H158O16P2/c1-4-7-10-13-16-19-22-24-26-28-30-32-34-36-38-40-41-42-43-45-47-48-50-52-54-56-58-60-63-65-68-71-74-77-89(94)101-80-86(92)81-103-108(97,98)104-82-87(93)83-105-109(99,100)106-85-88(107-91(96)79-76-73-70-67-62-21-18-15-12-9-6-3)84-102-90(95)78-75-72-69-66-64-61-59-57-55-53-51-49-46-44-39-37-35-33-31-29-27-25-23-20-17-14-11-8-5-2/h7-8,10-11,16-17,19-20,24-27,30-33,36-39,46,49,86-88,92-93H,4-6,9,12-15,18,21-23,28-29,34-35,40-45,47-48,50-85H2,1-3H3,(H,97,98)(H,99,100)/b10-7-,11-8-,19-16-,20-17-,26-24-,27-25-,32-30-,33-31-,38-36-,39-37-,49-46-. The van der Waals surface area contributed by atoms with Crippen molar-refractivity contribution in [3.05, 3.63) is 134 Å².